The second kappa shape index (κ2) is 13.0. The van der Waals surface area contributed by atoms with Gasteiger partial charge in [0.1, 0.15) is 16.8 Å². The van der Waals surface area contributed by atoms with Crippen LogP contribution in [0.5, 0.6) is 0 Å². The fraction of sp³-hybridized carbons (Fsp3) is 0.400. The van der Waals surface area contributed by atoms with Crippen molar-refractivity contribution in [1.29, 1.82) is 0 Å². The van der Waals surface area contributed by atoms with Crippen LogP contribution in [0.3, 0.4) is 0 Å². The molecule has 0 saturated carbocycles. The lowest BCUT2D eigenvalue weighted by Crippen LogP contribution is -2.54. The summed E-state index contributed by atoms with van der Waals surface area (Å²) in [4.78, 5) is 40.6. The molecule has 2 aliphatic heterocycles. The van der Waals surface area contributed by atoms with Crippen molar-refractivity contribution < 1.29 is 14.0 Å². The number of likely N-dealkylation sites (tertiary alicyclic amines) is 1. The molecule has 2 saturated heterocycles. The van der Waals surface area contributed by atoms with Crippen molar-refractivity contribution in [3.05, 3.63) is 82.8 Å². The van der Waals surface area contributed by atoms with E-state index < -0.39 is 5.82 Å². The molecule has 5 rings (SSSR count). The van der Waals surface area contributed by atoms with Crippen LogP contribution in [0.4, 0.5) is 10.2 Å². The van der Waals surface area contributed by atoms with Gasteiger partial charge in [0.25, 0.3) is 5.91 Å². The lowest BCUT2D eigenvalue weighted by atomic mass is 9.90. The summed E-state index contributed by atoms with van der Waals surface area (Å²) in [6.45, 7) is 4.95. The molecule has 7 nitrogen and oxygen atoms in total. The van der Waals surface area contributed by atoms with Gasteiger partial charge in [0, 0.05) is 44.8 Å². The van der Waals surface area contributed by atoms with Crippen molar-refractivity contribution in [3.63, 3.8) is 0 Å². The maximum atomic E-state index is 14.2. The fourth-order valence-corrected chi connectivity index (χ4v) is 6.40. The van der Waals surface area contributed by atoms with E-state index in [-0.39, 0.29) is 29.2 Å². The second-order valence-corrected chi connectivity index (χ2v) is 11.7. The smallest absolute Gasteiger partial charge is 0.257 e. The Bertz CT molecular complexity index is 1340. The summed E-state index contributed by atoms with van der Waals surface area (Å²) >= 11 is 7.63. The third-order valence-corrected chi connectivity index (χ3v) is 8.66. The minimum Gasteiger partial charge on any atom is -0.353 e. The number of anilines is 1. The summed E-state index contributed by atoms with van der Waals surface area (Å²) in [5.41, 5.74) is 1.43. The van der Waals surface area contributed by atoms with Crippen molar-refractivity contribution in [2.45, 2.75) is 37.4 Å². The van der Waals surface area contributed by atoms with Crippen LogP contribution in [-0.4, -0.2) is 76.1 Å². The van der Waals surface area contributed by atoms with Crippen molar-refractivity contribution >= 4 is 41.0 Å². The van der Waals surface area contributed by atoms with Gasteiger partial charge in [-0.1, -0.05) is 65.8 Å². The predicted molar refractivity (Wildman–Crippen MR) is 156 cm³/mol. The SMILES string of the molecule is CC1CN(c2cc(Cl)nc(SCC(=O)N3CCC(Cc4ccccc4)CC3)n2)CCN1C(=O)c1ccccc1F. The molecule has 40 heavy (non-hydrogen) atoms. The number of thioether (sulfide) groups is 1. The van der Waals surface area contributed by atoms with Crippen LogP contribution < -0.4 is 4.90 Å². The Balaban J connectivity index is 1.13. The first-order valence-electron chi connectivity index (χ1n) is 13.7. The topological polar surface area (TPSA) is 69.6 Å². The number of carbonyl (C=O) groups excluding carboxylic acids is 2. The molecule has 2 amide bonds. The quantitative estimate of drug-likeness (QED) is 0.217. The van der Waals surface area contributed by atoms with Gasteiger partial charge in [-0.05, 0) is 49.8 Å². The Morgan fingerprint density at radius 3 is 2.45 bits per heavy atom. The van der Waals surface area contributed by atoms with Gasteiger partial charge < -0.3 is 14.7 Å². The number of amides is 2. The monoisotopic (exact) mass is 581 g/mol. The van der Waals surface area contributed by atoms with Gasteiger partial charge in [0.05, 0.1) is 11.3 Å². The molecule has 1 unspecified atom stereocenters. The van der Waals surface area contributed by atoms with E-state index in [0.29, 0.717) is 41.7 Å². The lowest BCUT2D eigenvalue weighted by molar-refractivity contribution is -0.129. The normalized spacial score (nSPS) is 18.2. The summed E-state index contributed by atoms with van der Waals surface area (Å²) in [5, 5.41) is 0.756. The standard InChI is InChI=1S/C30H33ClFN5O2S/c1-21-19-36(15-16-37(21)29(39)24-9-5-6-10-25(24)32)27-18-26(31)33-30(34-27)40-20-28(38)35-13-11-23(12-14-35)17-22-7-3-2-4-8-22/h2-10,18,21,23H,11-17,19-20H2,1H3. The number of halogens is 2. The average molecular weight is 582 g/mol. The van der Waals surface area contributed by atoms with Crippen LogP contribution in [-0.2, 0) is 11.2 Å². The fourth-order valence-electron chi connectivity index (χ4n) is 5.42. The highest BCUT2D eigenvalue weighted by Crippen LogP contribution is 2.26. The number of piperazine rings is 1. The van der Waals surface area contributed by atoms with E-state index in [4.69, 9.17) is 11.6 Å². The van der Waals surface area contributed by atoms with Gasteiger partial charge in [-0.3, -0.25) is 9.59 Å². The molecule has 10 heteroatoms. The molecule has 3 aromatic rings. The molecule has 3 heterocycles. The molecular weight excluding hydrogens is 549 g/mol. The molecule has 0 bridgehead atoms. The van der Waals surface area contributed by atoms with Crippen molar-refractivity contribution in [2.24, 2.45) is 5.92 Å². The summed E-state index contributed by atoms with van der Waals surface area (Å²) in [5.74, 6) is 0.763. The zero-order chi connectivity index (χ0) is 28.1. The van der Waals surface area contributed by atoms with Crippen LogP contribution in [0.25, 0.3) is 0 Å². The third-order valence-electron chi connectivity index (χ3n) is 7.64. The van der Waals surface area contributed by atoms with Crippen LogP contribution in [0, 0.1) is 11.7 Å². The van der Waals surface area contributed by atoms with E-state index in [1.807, 2.05) is 22.8 Å². The molecule has 2 aromatic carbocycles. The molecule has 210 valence electrons. The van der Waals surface area contributed by atoms with E-state index in [1.54, 1.807) is 23.1 Å². The zero-order valence-corrected chi connectivity index (χ0v) is 24.1. The Morgan fingerprint density at radius 2 is 1.73 bits per heavy atom. The third kappa shape index (κ3) is 6.93. The van der Waals surface area contributed by atoms with Gasteiger partial charge in [-0.15, -0.1) is 0 Å². The maximum absolute atomic E-state index is 14.2. The highest BCUT2D eigenvalue weighted by molar-refractivity contribution is 7.99. The van der Waals surface area contributed by atoms with E-state index >= 15 is 0 Å². The summed E-state index contributed by atoms with van der Waals surface area (Å²) in [6, 6.07) is 18.1. The van der Waals surface area contributed by atoms with E-state index in [9.17, 15) is 14.0 Å². The minimum absolute atomic E-state index is 0.0802. The highest BCUT2D eigenvalue weighted by atomic mass is 35.5. The Morgan fingerprint density at radius 1 is 1.00 bits per heavy atom. The van der Waals surface area contributed by atoms with E-state index in [2.05, 4.69) is 34.2 Å². The zero-order valence-electron chi connectivity index (χ0n) is 22.5. The second-order valence-electron chi connectivity index (χ2n) is 10.4. The summed E-state index contributed by atoms with van der Waals surface area (Å²) < 4.78 is 14.2. The maximum Gasteiger partial charge on any atom is 0.257 e. The molecule has 1 atom stereocenters. The van der Waals surface area contributed by atoms with Gasteiger partial charge in [0.2, 0.25) is 5.91 Å². The lowest BCUT2D eigenvalue weighted by Gasteiger charge is -2.40. The van der Waals surface area contributed by atoms with Crippen molar-refractivity contribution in [3.8, 4) is 0 Å². The number of hydrogen-bond donors (Lipinski definition) is 0. The molecule has 2 aliphatic rings. The number of nitrogens with zero attached hydrogens (tertiary/aromatic N) is 5. The Hall–Kier alpha value is -3.17. The van der Waals surface area contributed by atoms with Gasteiger partial charge >= 0.3 is 0 Å². The van der Waals surface area contributed by atoms with E-state index in [0.717, 1.165) is 32.4 Å². The van der Waals surface area contributed by atoms with Gasteiger partial charge in [0.15, 0.2) is 5.16 Å². The Labute approximate surface area is 243 Å². The molecule has 2 fully saturated rings. The number of hydrogen-bond acceptors (Lipinski definition) is 6. The summed E-state index contributed by atoms with van der Waals surface area (Å²) in [7, 11) is 0. The first kappa shape index (κ1) is 28.4. The number of aromatic nitrogens is 2. The molecule has 0 spiro atoms. The van der Waals surface area contributed by atoms with Crippen molar-refractivity contribution in [2.75, 3.05) is 43.4 Å². The average Bonchev–Trinajstić information content (AvgIpc) is 2.96. The van der Waals surface area contributed by atoms with Crippen LogP contribution in [0.15, 0.2) is 65.8 Å². The largest absolute Gasteiger partial charge is 0.353 e. The first-order valence-corrected chi connectivity index (χ1v) is 15.0. The molecule has 0 N–H and O–H groups in total. The van der Waals surface area contributed by atoms with Gasteiger partial charge in [-0.2, -0.15) is 0 Å². The summed E-state index contributed by atoms with van der Waals surface area (Å²) in [6.07, 6.45) is 3.07. The number of carbonyl (C=O) groups is 2. The molecule has 0 radical (unpaired) electrons. The van der Waals surface area contributed by atoms with E-state index in [1.165, 1.54) is 29.5 Å². The minimum atomic E-state index is -0.516. The Kier molecular flexibility index (Phi) is 9.22. The van der Waals surface area contributed by atoms with Crippen LogP contribution in [0.1, 0.15) is 35.7 Å². The number of rotatable bonds is 7. The van der Waals surface area contributed by atoms with Crippen LogP contribution >= 0.6 is 23.4 Å². The molecular formula is C30H33ClFN5O2S. The van der Waals surface area contributed by atoms with Gasteiger partial charge in [-0.25, -0.2) is 14.4 Å². The number of benzene rings is 2. The molecule has 0 aliphatic carbocycles. The number of piperidine rings is 1. The first-order chi connectivity index (χ1) is 19.4. The molecule has 1 aromatic heterocycles. The predicted octanol–water partition coefficient (Wildman–Crippen LogP) is 5.19. The highest BCUT2D eigenvalue weighted by Gasteiger charge is 2.30. The van der Waals surface area contributed by atoms with Crippen molar-refractivity contribution in [1.82, 2.24) is 19.8 Å². The van der Waals surface area contributed by atoms with Crippen LogP contribution in [0.2, 0.25) is 5.15 Å².